The van der Waals surface area contributed by atoms with Crippen molar-refractivity contribution in [2.75, 3.05) is 0 Å². The van der Waals surface area contributed by atoms with Crippen LogP contribution in [-0.2, 0) is 4.79 Å². The third-order valence-corrected chi connectivity index (χ3v) is 1.50. The summed E-state index contributed by atoms with van der Waals surface area (Å²) in [6.45, 7) is 0.177. The van der Waals surface area contributed by atoms with Gasteiger partial charge in [0.05, 0.1) is 12.8 Å². The molecule has 0 fully saturated rings. The van der Waals surface area contributed by atoms with Gasteiger partial charge in [-0.3, -0.25) is 4.79 Å². The van der Waals surface area contributed by atoms with Crippen molar-refractivity contribution < 1.29 is 36.2 Å². The zero-order valence-corrected chi connectivity index (χ0v) is 8.24. The molecule has 0 aliphatic carbocycles. The molecule has 0 aliphatic heterocycles. The van der Waals surface area contributed by atoms with Gasteiger partial charge in [-0.1, -0.05) is 0 Å². The fourth-order valence-electron chi connectivity index (χ4n) is 1.18. The van der Waals surface area contributed by atoms with Crippen molar-refractivity contribution in [3.05, 3.63) is 0 Å². The highest BCUT2D eigenvalue weighted by Crippen LogP contribution is 2.39. The molecule has 0 spiro atoms. The minimum Gasteiger partial charge on any atom is -0.481 e. The van der Waals surface area contributed by atoms with Crippen LogP contribution in [0.15, 0.2) is 0 Å². The summed E-state index contributed by atoms with van der Waals surface area (Å²) in [5.74, 6) is -14.3. The number of halogens is 6. The van der Waals surface area contributed by atoms with Crippen molar-refractivity contribution in [1.82, 2.24) is 0 Å². The molecule has 0 heterocycles. The topological polar surface area (TPSA) is 37.3 Å². The van der Waals surface area contributed by atoms with Gasteiger partial charge in [0, 0.05) is 0 Å². The van der Waals surface area contributed by atoms with Crippen molar-refractivity contribution in [1.29, 1.82) is 0 Å². The summed E-state index contributed by atoms with van der Waals surface area (Å²) < 4.78 is 75.1. The molecule has 2 nitrogen and oxygen atoms in total. The number of hydrogen-bond acceptors (Lipinski definition) is 1. The first kappa shape index (κ1) is 15.0. The monoisotopic (exact) mass is 252 g/mol. The number of hydrogen-bond donors (Lipinski definition) is 1. The van der Waals surface area contributed by atoms with Crippen LogP contribution < -0.4 is 0 Å². The molecule has 8 heteroatoms. The smallest absolute Gasteiger partial charge is 0.309 e. The lowest BCUT2D eigenvalue weighted by atomic mass is 10.0. The summed E-state index contributed by atoms with van der Waals surface area (Å²) in [4.78, 5) is 9.91. The van der Waals surface area contributed by atoms with Crippen LogP contribution in [0.1, 0.15) is 26.2 Å². The Hall–Kier alpha value is -0.950. The van der Waals surface area contributed by atoms with Crippen LogP contribution in [0.2, 0.25) is 0 Å². The number of carbonyl (C=O) groups is 1. The molecule has 0 aromatic carbocycles. The molecular formula is C8H10F6O2. The van der Waals surface area contributed by atoms with Gasteiger partial charge < -0.3 is 5.11 Å². The third-order valence-electron chi connectivity index (χ3n) is 1.50. The van der Waals surface area contributed by atoms with Crippen LogP contribution in [0, 0.1) is 0 Å². The molecule has 0 radical (unpaired) electrons. The van der Waals surface area contributed by atoms with E-state index in [1.165, 1.54) is 0 Å². The quantitative estimate of drug-likeness (QED) is 0.737. The second-order valence-electron chi connectivity index (χ2n) is 3.71. The van der Waals surface area contributed by atoms with E-state index in [1.807, 2.05) is 0 Å². The molecule has 0 aromatic heterocycles. The van der Waals surface area contributed by atoms with Gasteiger partial charge in [0.25, 0.3) is 17.8 Å². The third kappa shape index (κ3) is 7.36. The molecule has 0 atom stereocenters. The number of rotatable bonds is 6. The minimum absolute atomic E-state index is 0.177. The van der Waals surface area contributed by atoms with Crippen molar-refractivity contribution in [2.24, 2.45) is 0 Å². The van der Waals surface area contributed by atoms with Crippen LogP contribution in [0.5, 0.6) is 0 Å². The molecule has 0 saturated heterocycles. The fraction of sp³-hybridized carbons (Fsp3) is 0.875. The van der Waals surface area contributed by atoms with E-state index >= 15 is 0 Å². The summed E-state index contributed by atoms with van der Waals surface area (Å²) in [6, 6.07) is 0. The largest absolute Gasteiger partial charge is 0.481 e. The van der Waals surface area contributed by atoms with Gasteiger partial charge in [0.2, 0.25) is 0 Å². The van der Waals surface area contributed by atoms with E-state index in [0.717, 1.165) is 0 Å². The van der Waals surface area contributed by atoms with Crippen LogP contribution >= 0.6 is 0 Å². The average Bonchev–Trinajstić information content (AvgIpc) is 1.69. The minimum atomic E-state index is -4.31. The van der Waals surface area contributed by atoms with E-state index in [1.54, 1.807) is 0 Å². The Labute approximate surface area is 87.2 Å². The summed E-state index contributed by atoms with van der Waals surface area (Å²) >= 11 is 0. The fourth-order valence-corrected chi connectivity index (χ4v) is 1.18. The van der Waals surface area contributed by atoms with Gasteiger partial charge in [-0.2, -0.15) is 0 Å². The first-order valence-electron chi connectivity index (χ1n) is 4.18. The van der Waals surface area contributed by atoms with E-state index in [2.05, 4.69) is 0 Å². The van der Waals surface area contributed by atoms with Crippen molar-refractivity contribution in [2.45, 2.75) is 44.0 Å². The first-order chi connectivity index (χ1) is 6.83. The van der Waals surface area contributed by atoms with Gasteiger partial charge in [-0.25, -0.2) is 26.3 Å². The molecule has 0 aliphatic rings. The summed E-state index contributed by atoms with van der Waals surface area (Å²) in [5.41, 5.74) is 0. The van der Waals surface area contributed by atoms with Crippen LogP contribution in [0.3, 0.4) is 0 Å². The Morgan fingerprint density at radius 2 is 1.44 bits per heavy atom. The molecule has 0 rings (SSSR count). The van der Waals surface area contributed by atoms with E-state index in [4.69, 9.17) is 5.11 Å². The highest BCUT2D eigenvalue weighted by atomic mass is 19.3. The zero-order chi connectivity index (χ0) is 13.2. The average molecular weight is 252 g/mol. The predicted octanol–water partition coefficient (Wildman–Crippen LogP) is 3.17. The molecule has 0 bridgehead atoms. The second-order valence-corrected chi connectivity index (χ2v) is 3.71. The van der Waals surface area contributed by atoms with Gasteiger partial charge in [-0.15, -0.1) is 0 Å². The maximum absolute atomic E-state index is 12.7. The molecule has 96 valence electrons. The summed E-state index contributed by atoms with van der Waals surface area (Å²) in [5, 5.41) is 8.01. The Morgan fingerprint density at radius 3 is 1.75 bits per heavy atom. The van der Waals surface area contributed by atoms with E-state index in [9.17, 15) is 31.1 Å². The van der Waals surface area contributed by atoms with Crippen LogP contribution in [0.4, 0.5) is 26.3 Å². The summed E-state index contributed by atoms with van der Waals surface area (Å²) in [6.07, 6.45) is -6.04. The molecular weight excluding hydrogens is 242 g/mol. The maximum atomic E-state index is 12.7. The first-order valence-corrected chi connectivity index (χ1v) is 4.18. The lowest BCUT2D eigenvalue weighted by Crippen LogP contribution is -2.35. The second kappa shape index (κ2) is 4.50. The van der Waals surface area contributed by atoms with Crippen LogP contribution in [0.25, 0.3) is 0 Å². The molecule has 0 saturated carbocycles. The molecule has 1 N–H and O–H groups in total. The van der Waals surface area contributed by atoms with E-state index in [-0.39, 0.29) is 6.92 Å². The number of carboxylic acids is 1. The molecule has 0 unspecified atom stereocenters. The Kier molecular flexibility index (Phi) is 4.24. The lowest BCUT2D eigenvalue weighted by Gasteiger charge is -2.24. The molecule has 0 amide bonds. The SMILES string of the molecule is CC(F)(F)CC(F)(F)CC(F)(F)CC(=O)O. The van der Waals surface area contributed by atoms with E-state index in [0.29, 0.717) is 0 Å². The van der Waals surface area contributed by atoms with Gasteiger partial charge in [0.15, 0.2) is 0 Å². The van der Waals surface area contributed by atoms with Gasteiger partial charge in [-0.05, 0) is 6.92 Å². The molecule has 16 heavy (non-hydrogen) atoms. The Bertz CT molecular complexity index is 258. The lowest BCUT2D eigenvalue weighted by molar-refractivity contribution is -0.164. The van der Waals surface area contributed by atoms with Crippen LogP contribution in [-0.4, -0.2) is 28.8 Å². The van der Waals surface area contributed by atoms with Crippen molar-refractivity contribution in [3.63, 3.8) is 0 Å². The zero-order valence-electron chi connectivity index (χ0n) is 8.24. The molecule has 0 aromatic rings. The number of aliphatic carboxylic acids is 1. The highest BCUT2D eigenvalue weighted by molar-refractivity contribution is 5.67. The van der Waals surface area contributed by atoms with Crippen molar-refractivity contribution in [3.8, 4) is 0 Å². The maximum Gasteiger partial charge on any atom is 0.309 e. The summed E-state index contributed by atoms with van der Waals surface area (Å²) in [7, 11) is 0. The normalized spacial score (nSPS) is 13.9. The van der Waals surface area contributed by atoms with Crippen molar-refractivity contribution >= 4 is 5.97 Å². The number of carboxylic acid groups (broad SMARTS) is 1. The standard InChI is InChI=1S/C8H10F6O2/c1-6(9,10)3-8(13,14)4-7(11,12)2-5(15)16/h2-4H2,1H3,(H,15,16). The predicted molar refractivity (Wildman–Crippen MR) is 42.0 cm³/mol. The van der Waals surface area contributed by atoms with Gasteiger partial charge in [0.1, 0.15) is 6.42 Å². The van der Waals surface area contributed by atoms with Gasteiger partial charge >= 0.3 is 5.97 Å². The Balaban J connectivity index is 4.51. The number of alkyl halides is 6. The van der Waals surface area contributed by atoms with E-state index < -0.39 is 43.0 Å². The highest BCUT2D eigenvalue weighted by Gasteiger charge is 2.48. The Morgan fingerprint density at radius 1 is 1.00 bits per heavy atom.